The lowest BCUT2D eigenvalue weighted by Crippen LogP contribution is -2.33. The van der Waals surface area contributed by atoms with Crippen molar-refractivity contribution in [2.24, 2.45) is 76.9 Å². The van der Waals surface area contributed by atoms with E-state index in [1.54, 1.807) is 0 Å². The highest BCUT2D eigenvalue weighted by molar-refractivity contribution is 8.14. The van der Waals surface area contributed by atoms with Crippen molar-refractivity contribution >= 4 is 74.3 Å². The number of carbonyl (C=O) groups is 4. The Hall–Kier alpha value is -1.54. The molecular formula is C75H159N3O6S4. The van der Waals surface area contributed by atoms with Gasteiger partial charge in [-0.3, -0.25) is 23.4 Å². The number of ketones is 1. The van der Waals surface area contributed by atoms with Crippen LogP contribution in [-0.4, -0.2) is 89.5 Å². The molecule has 0 aromatic heterocycles. The van der Waals surface area contributed by atoms with Crippen LogP contribution < -0.4 is 16.0 Å². The summed E-state index contributed by atoms with van der Waals surface area (Å²) in [6.45, 7) is 90.5. The van der Waals surface area contributed by atoms with E-state index >= 15 is 0 Å². The number of thioether (sulfide) groups is 2. The Kier molecular flexibility index (Phi) is 83.9. The molecule has 0 heterocycles. The maximum atomic E-state index is 11.1. The number of hydrogen-bond acceptors (Lipinski definition) is 10. The van der Waals surface area contributed by atoms with Gasteiger partial charge < -0.3 is 20.7 Å². The molecule has 0 aliphatic carbocycles. The summed E-state index contributed by atoms with van der Waals surface area (Å²) in [4.78, 5) is 44.4. The van der Waals surface area contributed by atoms with Crippen LogP contribution in [0.3, 0.4) is 0 Å². The molecule has 0 saturated heterocycles. The van der Waals surface area contributed by atoms with E-state index in [4.69, 9.17) is 17.0 Å². The SMILES string of the molecule is C=C(CC(C)C)C(C)C.CC(C)/C=C/C(C)C.CC(C)CC(=O)C(C)C.CC(C)CNC(C)C.CC(C)CS(=O)C(C)C.CC(C)NC(=O)C(C)C.CC(C)NC(=S)C(C)C.CC(C)OC(=O)C(C)C.CC(C)SC(=O)C(C)C.CC(C)SC(C)C(C)C. The van der Waals surface area contributed by atoms with Crippen molar-refractivity contribution in [2.75, 3.05) is 12.3 Å². The number of ether oxygens (including phenoxy) is 1. The third kappa shape index (κ3) is 112. The van der Waals surface area contributed by atoms with Crippen molar-refractivity contribution in [1.29, 1.82) is 0 Å². The van der Waals surface area contributed by atoms with Gasteiger partial charge >= 0.3 is 5.97 Å². The number of allylic oxidation sites excluding steroid dienone is 3. The normalized spacial score (nSPS) is 11.7. The molecule has 0 aromatic rings. The summed E-state index contributed by atoms with van der Waals surface area (Å²) >= 11 is 8.53. The lowest BCUT2D eigenvalue weighted by atomic mass is 9.96. The number of hydrogen-bond donors (Lipinski definition) is 3. The molecule has 2 unspecified atom stereocenters. The zero-order valence-electron chi connectivity index (χ0n) is 66.4. The first kappa shape index (κ1) is 108. The molecule has 534 valence electrons. The van der Waals surface area contributed by atoms with E-state index in [-0.39, 0.29) is 47.7 Å². The molecule has 0 aromatic carbocycles. The minimum absolute atomic E-state index is 0.00704. The van der Waals surface area contributed by atoms with E-state index in [2.05, 4.69) is 220 Å². The van der Waals surface area contributed by atoms with Crippen LogP contribution in [0.1, 0.15) is 297 Å². The van der Waals surface area contributed by atoms with Crippen LogP contribution >= 0.6 is 35.7 Å². The van der Waals surface area contributed by atoms with Gasteiger partial charge in [-0.15, -0.1) is 0 Å². The monoisotopic (exact) mass is 1330 g/mol. The maximum absolute atomic E-state index is 11.1. The Morgan fingerprint density at radius 2 is 0.886 bits per heavy atom. The zero-order chi connectivity index (χ0) is 72.7. The van der Waals surface area contributed by atoms with E-state index in [9.17, 15) is 23.4 Å². The lowest BCUT2D eigenvalue weighted by Gasteiger charge is -2.16. The van der Waals surface area contributed by atoms with Crippen molar-refractivity contribution in [2.45, 2.75) is 342 Å². The van der Waals surface area contributed by atoms with E-state index in [0.29, 0.717) is 69.0 Å². The minimum Gasteiger partial charge on any atom is -0.463 e. The lowest BCUT2D eigenvalue weighted by molar-refractivity contribution is -0.151. The topological polar surface area (TPSA) is 131 Å². The predicted octanol–water partition coefficient (Wildman–Crippen LogP) is 22.0. The molecule has 9 nitrogen and oxygen atoms in total. The molecule has 0 rings (SSSR count). The van der Waals surface area contributed by atoms with Gasteiger partial charge in [-0.2, -0.15) is 11.8 Å². The number of amides is 1. The predicted molar refractivity (Wildman–Crippen MR) is 412 cm³/mol. The Morgan fingerprint density at radius 3 is 1.00 bits per heavy atom. The van der Waals surface area contributed by atoms with Crippen molar-refractivity contribution < 1.29 is 28.1 Å². The molecule has 13 heteroatoms. The molecule has 88 heavy (non-hydrogen) atoms. The smallest absolute Gasteiger partial charge is 0.308 e. The maximum Gasteiger partial charge on any atom is 0.308 e. The first-order valence-corrected chi connectivity index (χ1v) is 37.8. The van der Waals surface area contributed by atoms with E-state index in [1.807, 2.05) is 111 Å². The number of Topliss-reactive ketones (excluding diaryl/α,β-unsaturated/α-hetero) is 1. The molecular weight excluding hydrogens is 1170 g/mol. The highest BCUT2D eigenvalue weighted by atomic mass is 32.2. The molecule has 1 amide bonds. The van der Waals surface area contributed by atoms with Crippen molar-refractivity contribution in [3.05, 3.63) is 24.3 Å². The summed E-state index contributed by atoms with van der Waals surface area (Å²) in [5, 5.41) is 12.0. The fourth-order valence-electron chi connectivity index (χ4n) is 5.06. The molecule has 0 spiro atoms. The number of thiocarbonyl (C=S) groups is 1. The standard InChI is InChI=1S/C9H18.C8H16O.C8H18S.C8H16.C7H15NO.C7H15NS.C7H17N.C7H14O2.C7H16OS.C7H14OS/c1-7(2)6-9(5)8(3)4;1-6(2)5-8(9)7(3)4;1-6(2)8(5)9-7(3)4;1-7(2)5-6-8(3)4;2*1-5(2)7(9)8-6(3)4;1-6(2)5-8-7(3)4;1-5(2)7(8)9-6(3)4;1-6(2)5-9(8)7(3)4;1-5(2)7(8)9-6(3)4/h7-8H,5-6H2,1-4H3;6-7H,5H2,1-4H3;6-8H,1-5H3;5-8H,1-4H3;2*5-6H,1-4H3,(H,8,9);6-8H,5H2,1-4H3;5-6H,1-4H3;6-7H,5H2,1-4H3;5-6H,1-4H3/b;;;6-5+;;;;;;. The first-order valence-electron chi connectivity index (χ1n) is 34.2. The van der Waals surface area contributed by atoms with Crippen molar-refractivity contribution in [3.63, 3.8) is 0 Å². The van der Waals surface area contributed by atoms with E-state index in [1.165, 1.54) is 23.8 Å². The molecule has 0 radical (unpaired) electrons. The van der Waals surface area contributed by atoms with Gasteiger partial charge in [0.2, 0.25) is 5.91 Å². The summed E-state index contributed by atoms with van der Waals surface area (Å²) in [6, 6.07) is 1.37. The van der Waals surface area contributed by atoms with Crippen LogP contribution in [0, 0.1) is 76.9 Å². The third-order valence-corrected chi connectivity index (χ3v) is 15.9. The number of rotatable bonds is 25. The minimum atomic E-state index is -0.602. The van der Waals surface area contributed by atoms with Crippen LogP contribution in [0.15, 0.2) is 24.3 Å². The molecule has 3 N–H and O–H groups in total. The summed E-state index contributed by atoms with van der Waals surface area (Å²) in [5.41, 5.74) is 1.38. The highest BCUT2D eigenvalue weighted by Crippen LogP contribution is 2.22. The van der Waals surface area contributed by atoms with Crippen LogP contribution in [-0.2, 0) is 34.7 Å². The second-order valence-electron chi connectivity index (χ2n) is 29.5. The average molecular weight is 1330 g/mol. The average Bonchev–Trinajstić information content (AvgIpc) is 3.32. The number of carbonyl (C=O) groups excluding carboxylic acids is 4. The highest BCUT2D eigenvalue weighted by Gasteiger charge is 2.12. The van der Waals surface area contributed by atoms with Crippen LogP contribution in [0.2, 0.25) is 0 Å². The molecule has 0 saturated carbocycles. The van der Waals surface area contributed by atoms with Crippen LogP contribution in [0.4, 0.5) is 0 Å². The second-order valence-corrected chi connectivity index (χ2v) is 35.5. The fourth-order valence-corrected chi connectivity index (χ4v) is 8.25. The largest absolute Gasteiger partial charge is 0.463 e. The van der Waals surface area contributed by atoms with Gasteiger partial charge in [-0.1, -0.05) is 291 Å². The van der Waals surface area contributed by atoms with Gasteiger partial charge in [0.1, 0.15) is 5.78 Å². The Bertz CT molecular complexity index is 1390. The Morgan fingerprint density at radius 1 is 0.477 bits per heavy atom. The fraction of sp³-hybridized carbons (Fsp3) is 0.880. The molecule has 0 fully saturated rings. The Labute approximate surface area is 570 Å². The van der Waals surface area contributed by atoms with Crippen LogP contribution in [0.25, 0.3) is 0 Å². The van der Waals surface area contributed by atoms with Gasteiger partial charge in [0.05, 0.1) is 17.0 Å². The van der Waals surface area contributed by atoms with Gasteiger partial charge in [0.15, 0.2) is 5.12 Å². The molecule has 0 aliphatic heterocycles. The van der Waals surface area contributed by atoms with E-state index in [0.717, 1.165) is 52.0 Å². The zero-order valence-corrected chi connectivity index (χ0v) is 69.7. The quantitative estimate of drug-likeness (QED) is 0.0459. The van der Waals surface area contributed by atoms with Crippen molar-refractivity contribution in [1.82, 2.24) is 16.0 Å². The summed E-state index contributed by atoms with van der Waals surface area (Å²) in [5.74, 6) is 7.70. The van der Waals surface area contributed by atoms with Gasteiger partial charge in [-0.05, 0) is 107 Å². The first-order chi connectivity index (χ1) is 39.5. The number of esters is 1. The summed E-state index contributed by atoms with van der Waals surface area (Å²) in [7, 11) is -0.602. The Balaban J connectivity index is -0.0000000960. The molecule has 2 atom stereocenters. The van der Waals surface area contributed by atoms with Crippen LogP contribution in [0.5, 0.6) is 0 Å². The van der Waals surface area contributed by atoms with Crippen molar-refractivity contribution in [3.8, 4) is 0 Å². The van der Waals surface area contributed by atoms with Gasteiger partial charge in [-0.25, -0.2) is 0 Å². The van der Waals surface area contributed by atoms with E-state index < -0.39 is 10.8 Å². The number of nitrogens with one attached hydrogen (secondary N) is 3. The summed E-state index contributed by atoms with van der Waals surface area (Å²) in [6.07, 6.45) is 6.41. The molecule has 0 aliphatic rings. The summed E-state index contributed by atoms with van der Waals surface area (Å²) < 4.78 is 15.9. The third-order valence-electron chi connectivity index (χ3n) is 10.6. The van der Waals surface area contributed by atoms with Gasteiger partial charge in [0.25, 0.3) is 0 Å². The second kappa shape index (κ2) is 68.3. The van der Waals surface area contributed by atoms with Gasteiger partial charge in [0, 0.05) is 80.5 Å². The molecule has 0 bridgehead atoms.